The number of aromatic carboxylic acids is 1. The number of thioether (sulfide) groups is 1. The molecular weight excluding hydrogens is 370 g/mol. The summed E-state index contributed by atoms with van der Waals surface area (Å²) in [5.41, 5.74) is 1.05. The molecule has 26 heavy (non-hydrogen) atoms. The highest BCUT2D eigenvalue weighted by Gasteiger charge is 2.22. The molecule has 0 unspecified atom stereocenters. The van der Waals surface area contributed by atoms with Crippen molar-refractivity contribution in [3.63, 3.8) is 0 Å². The van der Waals surface area contributed by atoms with E-state index in [1.54, 1.807) is 66.0 Å². The van der Waals surface area contributed by atoms with Crippen molar-refractivity contribution in [2.45, 2.75) is 4.90 Å². The quantitative estimate of drug-likeness (QED) is 0.628. The summed E-state index contributed by atoms with van der Waals surface area (Å²) in [6.07, 6.45) is 0. The van der Waals surface area contributed by atoms with Gasteiger partial charge in [-0.1, -0.05) is 48.5 Å². The standard InChI is InChI=1S/C19H13NO4S2/c21-17(12-7-3-1-4-8-12)20-15-14(11-25-16(15)18(22)23)26-19(24)13-9-5-2-6-10-13/h1-11H,(H,20,21)(H,22,23). The number of amides is 1. The molecule has 3 rings (SSSR count). The lowest BCUT2D eigenvalue weighted by Gasteiger charge is -2.08. The molecule has 1 heterocycles. The molecule has 0 radical (unpaired) electrons. The van der Waals surface area contributed by atoms with Crippen LogP contribution in [0.15, 0.2) is 70.9 Å². The van der Waals surface area contributed by atoms with Crippen LogP contribution in [-0.4, -0.2) is 22.1 Å². The number of hydrogen-bond donors (Lipinski definition) is 2. The number of nitrogens with one attached hydrogen (secondary N) is 1. The second kappa shape index (κ2) is 7.99. The van der Waals surface area contributed by atoms with E-state index in [2.05, 4.69) is 5.32 Å². The van der Waals surface area contributed by atoms with Gasteiger partial charge in [-0.2, -0.15) is 0 Å². The number of carboxylic acids is 1. The van der Waals surface area contributed by atoms with Gasteiger partial charge in [0.1, 0.15) is 4.88 Å². The van der Waals surface area contributed by atoms with Gasteiger partial charge in [-0.05, 0) is 23.9 Å². The lowest BCUT2D eigenvalue weighted by atomic mass is 10.2. The Labute approximate surface area is 157 Å². The Bertz CT molecular complexity index is 952. The average molecular weight is 383 g/mol. The Hall–Kier alpha value is -2.90. The molecule has 0 saturated carbocycles. The Kier molecular flexibility index (Phi) is 5.50. The van der Waals surface area contributed by atoms with Crippen LogP contribution in [0, 0.1) is 0 Å². The zero-order valence-corrected chi connectivity index (χ0v) is 15.0. The third-order valence-corrected chi connectivity index (χ3v) is 5.52. The summed E-state index contributed by atoms with van der Waals surface area (Å²) in [4.78, 5) is 36.7. The first-order valence-electron chi connectivity index (χ1n) is 7.54. The van der Waals surface area contributed by atoms with Gasteiger partial charge >= 0.3 is 5.97 Å². The van der Waals surface area contributed by atoms with Gasteiger partial charge in [0, 0.05) is 16.5 Å². The lowest BCUT2D eigenvalue weighted by molar-refractivity contribution is 0.0703. The molecule has 0 bridgehead atoms. The first kappa shape index (κ1) is 17.9. The molecule has 2 aromatic carbocycles. The minimum atomic E-state index is -1.16. The van der Waals surface area contributed by atoms with E-state index in [1.165, 1.54) is 0 Å². The topological polar surface area (TPSA) is 83.5 Å². The molecule has 0 fully saturated rings. The monoisotopic (exact) mass is 383 g/mol. The smallest absolute Gasteiger partial charge is 0.348 e. The summed E-state index contributed by atoms with van der Waals surface area (Å²) in [5, 5.41) is 13.3. The highest BCUT2D eigenvalue weighted by atomic mass is 32.2. The van der Waals surface area contributed by atoms with Crippen molar-refractivity contribution in [3.05, 3.63) is 82.0 Å². The first-order chi connectivity index (χ1) is 12.6. The van der Waals surface area contributed by atoms with E-state index in [1.807, 2.05) is 0 Å². The van der Waals surface area contributed by atoms with Gasteiger partial charge in [0.25, 0.3) is 5.91 Å². The molecule has 1 aromatic heterocycles. The van der Waals surface area contributed by atoms with Gasteiger partial charge < -0.3 is 10.4 Å². The fraction of sp³-hybridized carbons (Fsp3) is 0. The number of carbonyl (C=O) groups excluding carboxylic acids is 2. The Morgan fingerprint density at radius 1 is 0.885 bits per heavy atom. The number of carbonyl (C=O) groups is 3. The number of carboxylic acid groups (broad SMARTS) is 1. The van der Waals surface area contributed by atoms with Gasteiger partial charge in [0.2, 0.25) is 5.12 Å². The number of anilines is 1. The van der Waals surface area contributed by atoms with Crippen LogP contribution in [0.1, 0.15) is 30.4 Å². The largest absolute Gasteiger partial charge is 0.477 e. The van der Waals surface area contributed by atoms with Gasteiger partial charge in [0.15, 0.2) is 0 Å². The third-order valence-electron chi connectivity index (χ3n) is 3.44. The molecule has 2 N–H and O–H groups in total. The molecule has 5 nitrogen and oxygen atoms in total. The minimum absolute atomic E-state index is 0.0161. The van der Waals surface area contributed by atoms with E-state index in [9.17, 15) is 19.5 Å². The van der Waals surface area contributed by atoms with E-state index in [-0.39, 0.29) is 15.7 Å². The lowest BCUT2D eigenvalue weighted by Crippen LogP contribution is -2.14. The zero-order valence-electron chi connectivity index (χ0n) is 13.3. The molecule has 0 aliphatic carbocycles. The maximum absolute atomic E-state index is 12.4. The van der Waals surface area contributed by atoms with Gasteiger partial charge in [-0.15, -0.1) is 11.3 Å². The van der Waals surface area contributed by atoms with Gasteiger partial charge in [0.05, 0.1) is 10.6 Å². The number of rotatable bonds is 5. The molecule has 0 aliphatic rings. The maximum atomic E-state index is 12.4. The van der Waals surface area contributed by atoms with E-state index in [0.717, 1.165) is 23.1 Å². The number of benzene rings is 2. The Balaban J connectivity index is 1.88. The molecule has 1 amide bonds. The van der Waals surface area contributed by atoms with Crippen LogP contribution in [0.3, 0.4) is 0 Å². The second-order valence-corrected chi connectivity index (χ2v) is 7.08. The predicted molar refractivity (Wildman–Crippen MR) is 102 cm³/mol. The normalized spacial score (nSPS) is 10.3. The van der Waals surface area contributed by atoms with Crippen LogP contribution >= 0.6 is 23.1 Å². The summed E-state index contributed by atoms with van der Waals surface area (Å²) < 4.78 is 0. The van der Waals surface area contributed by atoms with Crippen molar-refractivity contribution in [3.8, 4) is 0 Å². The molecule has 0 spiro atoms. The Morgan fingerprint density at radius 3 is 2.04 bits per heavy atom. The van der Waals surface area contributed by atoms with Crippen LogP contribution in [0.4, 0.5) is 5.69 Å². The maximum Gasteiger partial charge on any atom is 0.348 e. The van der Waals surface area contributed by atoms with Crippen LogP contribution in [0.2, 0.25) is 0 Å². The fourth-order valence-corrected chi connectivity index (χ4v) is 4.03. The summed E-state index contributed by atoms with van der Waals surface area (Å²) in [5.74, 6) is -1.59. The summed E-state index contributed by atoms with van der Waals surface area (Å²) in [7, 11) is 0. The zero-order chi connectivity index (χ0) is 18.5. The SMILES string of the molecule is O=C(Nc1c(SC(=O)c2ccccc2)csc1C(=O)O)c1ccccc1. The highest BCUT2D eigenvalue weighted by molar-refractivity contribution is 8.14. The number of hydrogen-bond acceptors (Lipinski definition) is 5. The molecule has 7 heteroatoms. The van der Waals surface area contributed by atoms with E-state index < -0.39 is 11.9 Å². The van der Waals surface area contributed by atoms with Crippen molar-refractivity contribution >= 4 is 45.8 Å². The number of thiophene rings is 1. The summed E-state index contributed by atoms with van der Waals surface area (Å²) >= 11 is 1.86. The van der Waals surface area contributed by atoms with E-state index >= 15 is 0 Å². The molecular formula is C19H13NO4S2. The fourth-order valence-electron chi connectivity index (χ4n) is 2.20. The summed E-state index contributed by atoms with van der Waals surface area (Å²) in [6.45, 7) is 0. The summed E-state index contributed by atoms with van der Waals surface area (Å²) in [6, 6.07) is 17.1. The average Bonchev–Trinajstić information content (AvgIpc) is 3.05. The second-order valence-electron chi connectivity index (χ2n) is 5.18. The molecule has 0 saturated heterocycles. The molecule has 0 aliphatic heterocycles. The van der Waals surface area contributed by atoms with Crippen molar-refractivity contribution in [1.82, 2.24) is 0 Å². The predicted octanol–water partition coefficient (Wildman–Crippen LogP) is 4.63. The van der Waals surface area contributed by atoms with Crippen molar-refractivity contribution in [1.29, 1.82) is 0 Å². The third kappa shape index (κ3) is 4.01. The Morgan fingerprint density at radius 2 is 1.46 bits per heavy atom. The van der Waals surface area contributed by atoms with Gasteiger partial charge in [-0.3, -0.25) is 9.59 Å². The van der Waals surface area contributed by atoms with Crippen molar-refractivity contribution in [2.24, 2.45) is 0 Å². The van der Waals surface area contributed by atoms with Crippen LogP contribution in [0.5, 0.6) is 0 Å². The van der Waals surface area contributed by atoms with Gasteiger partial charge in [-0.25, -0.2) is 4.79 Å². The first-order valence-corrected chi connectivity index (χ1v) is 9.24. The van der Waals surface area contributed by atoms with Crippen molar-refractivity contribution < 1.29 is 19.5 Å². The van der Waals surface area contributed by atoms with Crippen LogP contribution in [-0.2, 0) is 0 Å². The van der Waals surface area contributed by atoms with E-state index in [4.69, 9.17) is 0 Å². The van der Waals surface area contributed by atoms with Crippen LogP contribution in [0.25, 0.3) is 0 Å². The van der Waals surface area contributed by atoms with E-state index in [0.29, 0.717) is 16.0 Å². The molecule has 130 valence electrons. The molecule has 0 atom stereocenters. The molecule has 3 aromatic rings. The van der Waals surface area contributed by atoms with Crippen LogP contribution < -0.4 is 5.32 Å². The highest BCUT2D eigenvalue weighted by Crippen LogP contribution is 2.37. The van der Waals surface area contributed by atoms with Crippen molar-refractivity contribution in [2.75, 3.05) is 5.32 Å². The minimum Gasteiger partial charge on any atom is -0.477 e.